The molecule has 1 N–H and O–H groups in total. The average Bonchev–Trinajstić information content (AvgIpc) is 2.42. The Kier molecular flexibility index (Phi) is 2.25. The van der Waals surface area contributed by atoms with Gasteiger partial charge in [0, 0.05) is 9.58 Å². The second kappa shape index (κ2) is 3.42. The highest BCUT2D eigenvalue weighted by Crippen LogP contribution is 2.25. The minimum Gasteiger partial charge on any atom is -0.481 e. The molecule has 0 amide bonds. The third-order valence-electron chi connectivity index (χ3n) is 2.06. The second-order valence-corrected chi connectivity index (χ2v) is 4.59. The molecule has 72 valence electrons. The fraction of sp³-hybridized carbons (Fsp3) is 0.182. The summed E-state index contributed by atoms with van der Waals surface area (Å²) >= 11 is 1.73. The van der Waals surface area contributed by atoms with Crippen LogP contribution in [-0.2, 0) is 11.2 Å². The zero-order valence-electron chi connectivity index (χ0n) is 7.78. The molecular formula is C11H10O2S. The Morgan fingerprint density at radius 1 is 1.43 bits per heavy atom. The number of carboxylic acid groups (broad SMARTS) is 1. The van der Waals surface area contributed by atoms with Crippen molar-refractivity contribution in [1.82, 2.24) is 0 Å². The third-order valence-corrected chi connectivity index (χ3v) is 3.09. The Morgan fingerprint density at radius 2 is 2.21 bits per heavy atom. The van der Waals surface area contributed by atoms with Crippen molar-refractivity contribution in [2.45, 2.75) is 13.3 Å². The highest BCUT2D eigenvalue weighted by atomic mass is 32.1. The maximum Gasteiger partial charge on any atom is 0.307 e. The average molecular weight is 206 g/mol. The van der Waals surface area contributed by atoms with Gasteiger partial charge in [-0.15, -0.1) is 11.3 Å². The molecule has 0 atom stereocenters. The maximum atomic E-state index is 10.5. The molecule has 0 saturated carbocycles. The third kappa shape index (κ3) is 1.77. The molecule has 0 spiro atoms. The number of rotatable bonds is 2. The lowest BCUT2D eigenvalue weighted by Crippen LogP contribution is -1.99. The fourth-order valence-electron chi connectivity index (χ4n) is 1.51. The quantitative estimate of drug-likeness (QED) is 0.820. The zero-order valence-corrected chi connectivity index (χ0v) is 8.60. The molecule has 2 aromatic rings. The van der Waals surface area contributed by atoms with Crippen LogP contribution in [-0.4, -0.2) is 11.1 Å². The highest BCUT2D eigenvalue weighted by molar-refractivity contribution is 7.19. The monoisotopic (exact) mass is 206 g/mol. The van der Waals surface area contributed by atoms with Crippen molar-refractivity contribution in [3.63, 3.8) is 0 Å². The van der Waals surface area contributed by atoms with Crippen LogP contribution in [0, 0.1) is 6.92 Å². The smallest absolute Gasteiger partial charge is 0.307 e. The maximum absolute atomic E-state index is 10.5. The lowest BCUT2D eigenvalue weighted by atomic mass is 10.1. The van der Waals surface area contributed by atoms with E-state index in [1.807, 2.05) is 18.2 Å². The zero-order chi connectivity index (χ0) is 10.1. The topological polar surface area (TPSA) is 37.3 Å². The lowest BCUT2D eigenvalue weighted by molar-refractivity contribution is -0.136. The molecular weight excluding hydrogens is 196 g/mol. The standard InChI is InChI=1S/C11H10O2S/c1-7-4-9-5-8(6-11(12)13)2-3-10(9)14-7/h2-5H,6H2,1H3,(H,12,13). The predicted molar refractivity (Wildman–Crippen MR) is 57.9 cm³/mol. The van der Waals surface area contributed by atoms with Gasteiger partial charge in [-0.2, -0.15) is 0 Å². The molecule has 2 nitrogen and oxygen atoms in total. The van der Waals surface area contributed by atoms with Crippen LogP contribution in [0.25, 0.3) is 10.1 Å². The van der Waals surface area contributed by atoms with Crippen LogP contribution < -0.4 is 0 Å². The molecule has 1 aromatic carbocycles. The Balaban J connectivity index is 2.45. The van der Waals surface area contributed by atoms with Gasteiger partial charge in [-0.25, -0.2) is 0 Å². The van der Waals surface area contributed by atoms with Crippen LogP contribution in [0.2, 0.25) is 0 Å². The first-order chi connectivity index (χ1) is 6.65. The van der Waals surface area contributed by atoms with E-state index in [-0.39, 0.29) is 6.42 Å². The molecule has 1 heterocycles. The van der Waals surface area contributed by atoms with E-state index < -0.39 is 5.97 Å². The Bertz CT molecular complexity index is 485. The van der Waals surface area contributed by atoms with Gasteiger partial charge in [-0.1, -0.05) is 6.07 Å². The molecule has 0 aliphatic rings. The van der Waals surface area contributed by atoms with Gasteiger partial charge >= 0.3 is 5.97 Å². The number of aryl methyl sites for hydroxylation is 1. The first kappa shape index (κ1) is 9.21. The minimum absolute atomic E-state index is 0.102. The van der Waals surface area contributed by atoms with Crippen molar-refractivity contribution in [1.29, 1.82) is 0 Å². The summed E-state index contributed by atoms with van der Waals surface area (Å²) in [5, 5.41) is 9.79. The Morgan fingerprint density at radius 3 is 2.93 bits per heavy atom. The van der Waals surface area contributed by atoms with Gasteiger partial charge in [0.2, 0.25) is 0 Å². The number of fused-ring (bicyclic) bond motifs is 1. The first-order valence-electron chi connectivity index (χ1n) is 4.36. The fourth-order valence-corrected chi connectivity index (χ4v) is 2.41. The van der Waals surface area contributed by atoms with E-state index in [0.29, 0.717) is 0 Å². The summed E-state index contributed by atoms with van der Waals surface area (Å²) in [6, 6.07) is 7.91. The number of thiophene rings is 1. The van der Waals surface area contributed by atoms with Crippen molar-refractivity contribution >= 4 is 27.4 Å². The van der Waals surface area contributed by atoms with Crippen LogP contribution in [0.5, 0.6) is 0 Å². The van der Waals surface area contributed by atoms with Gasteiger partial charge < -0.3 is 5.11 Å². The molecule has 0 saturated heterocycles. The molecule has 1 aromatic heterocycles. The molecule has 0 unspecified atom stereocenters. The highest BCUT2D eigenvalue weighted by Gasteiger charge is 2.03. The van der Waals surface area contributed by atoms with Crippen LogP contribution in [0.4, 0.5) is 0 Å². The molecule has 0 bridgehead atoms. The van der Waals surface area contributed by atoms with Gasteiger partial charge in [-0.3, -0.25) is 4.79 Å². The largest absolute Gasteiger partial charge is 0.481 e. The van der Waals surface area contributed by atoms with E-state index in [9.17, 15) is 4.79 Å². The summed E-state index contributed by atoms with van der Waals surface area (Å²) < 4.78 is 1.22. The van der Waals surface area contributed by atoms with Crippen LogP contribution in [0.3, 0.4) is 0 Å². The molecule has 0 fully saturated rings. The first-order valence-corrected chi connectivity index (χ1v) is 5.17. The Labute approximate surface area is 85.8 Å². The predicted octanol–water partition coefficient (Wildman–Crippen LogP) is 2.84. The van der Waals surface area contributed by atoms with Gasteiger partial charge in [0.05, 0.1) is 6.42 Å². The molecule has 3 heteroatoms. The number of benzene rings is 1. The van der Waals surface area contributed by atoms with Crippen LogP contribution >= 0.6 is 11.3 Å². The second-order valence-electron chi connectivity index (χ2n) is 3.30. The van der Waals surface area contributed by atoms with E-state index in [1.165, 1.54) is 9.58 Å². The summed E-state index contributed by atoms with van der Waals surface area (Å²) in [7, 11) is 0. The summed E-state index contributed by atoms with van der Waals surface area (Å²) in [6.45, 7) is 2.06. The van der Waals surface area contributed by atoms with Crippen molar-refractivity contribution in [3.8, 4) is 0 Å². The number of carbonyl (C=O) groups is 1. The van der Waals surface area contributed by atoms with E-state index in [0.717, 1.165) is 10.9 Å². The summed E-state index contributed by atoms with van der Waals surface area (Å²) in [6.07, 6.45) is 0.102. The van der Waals surface area contributed by atoms with Crippen molar-refractivity contribution in [3.05, 3.63) is 34.7 Å². The normalized spacial score (nSPS) is 10.6. The Hall–Kier alpha value is -1.35. The summed E-state index contributed by atoms with van der Waals surface area (Å²) in [4.78, 5) is 11.8. The summed E-state index contributed by atoms with van der Waals surface area (Å²) in [5.74, 6) is -0.781. The van der Waals surface area contributed by atoms with Crippen molar-refractivity contribution < 1.29 is 9.90 Å². The van der Waals surface area contributed by atoms with Crippen LogP contribution in [0.15, 0.2) is 24.3 Å². The van der Waals surface area contributed by atoms with Gasteiger partial charge in [0.25, 0.3) is 0 Å². The lowest BCUT2D eigenvalue weighted by Gasteiger charge is -1.96. The molecule has 0 aliphatic carbocycles. The summed E-state index contributed by atoms with van der Waals surface area (Å²) in [5.41, 5.74) is 0.864. The SMILES string of the molecule is Cc1cc2cc(CC(=O)O)ccc2s1. The van der Waals surface area contributed by atoms with Crippen molar-refractivity contribution in [2.24, 2.45) is 0 Å². The van der Waals surface area contributed by atoms with Crippen LogP contribution in [0.1, 0.15) is 10.4 Å². The minimum atomic E-state index is -0.781. The van der Waals surface area contributed by atoms with Gasteiger partial charge in [-0.05, 0) is 36.1 Å². The van der Waals surface area contributed by atoms with Crippen molar-refractivity contribution in [2.75, 3.05) is 0 Å². The number of aliphatic carboxylic acids is 1. The van der Waals surface area contributed by atoms with E-state index in [1.54, 1.807) is 11.3 Å². The number of carboxylic acids is 1. The van der Waals surface area contributed by atoms with Gasteiger partial charge in [0.15, 0.2) is 0 Å². The van der Waals surface area contributed by atoms with E-state index >= 15 is 0 Å². The van der Waals surface area contributed by atoms with Gasteiger partial charge in [0.1, 0.15) is 0 Å². The van der Waals surface area contributed by atoms with E-state index in [2.05, 4.69) is 13.0 Å². The molecule has 14 heavy (non-hydrogen) atoms. The molecule has 0 aliphatic heterocycles. The molecule has 0 radical (unpaired) electrons. The number of hydrogen-bond donors (Lipinski definition) is 1. The number of hydrogen-bond acceptors (Lipinski definition) is 2. The molecule has 2 rings (SSSR count). The van der Waals surface area contributed by atoms with E-state index in [4.69, 9.17) is 5.11 Å².